The van der Waals surface area contributed by atoms with Gasteiger partial charge < -0.3 is 4.74 Å². The summed E-state index contributed by atoms with van der Waals surface area (Å²) in [4.78, 5) is 11.7. The van der Waals surface area contributed by atoms with Gasteiger partial charge in [0.1, 0.15) is 0 Å². The van der Waals surface area contributed by atoms with E-state index in [0.29, 0.717) is 5.69 Å². The first kappa shape index (κ1) is 12.8. The molecular formula is C15H14N2O2. The van der Waals surface area contributed by atoms with Crippen LogP contribution in [0.25, 0.3) is 0 Å². The van der Waals surface area contributed by atoms with Crippen molar-refractivity contribution in [3.63, 3.8) is 0 Å². The Morgan fingerprint density at radius 1 is 1.05 bits per heavy atom. The van der Waals surface area contributed by atoms with Crippen molar-refractivity contribution in [1.82, 2.24) is 0 Å². The number of carbonyl (C=O) groups is 1. The molecule has 0 aliphatic rings. The Hall–Kier alpha value is -2.62. The minimum absolute atomic E-state index is 0.529. The first-order valence-corrected chi connectivity index (χ1v) is 5.83. The number of anilines is 1. The molecule has 2 rings (SSSR count). The minimum Gasteiger partial charge on any atom is -0.451 e. The molecule has 0 heterocycles. The van der Waals surface area contributed by atoms with Crippen LogP contribution in [-0.2, 0) is 4.74 Å². The van der Waals surface area contributed by atoms with Crippen molar-refractivity contribution in [3.8, 4) is 0 Å². The molecule has 1 amide bonds. The van der Waals surface area contributed by atoms with E-state index >= 15 is 0 Å². The van der Waals surface area contributed by atoms with Crippen LogP contribution in [0, 0.1) is 0 Å². The summed E-state index contributed by atoms with van der Waals surface area (Å²) in [5.41, 5.74) is 1.56. The molecule has 0 atom stereocenters. The number of benzene rings is 2. The van der Waals surface area contributed by atoms with Crippen molar-refractivity contribution in [3.05, 3.63) is 66.2 Å². The highest BCUT2D eigenvalue weighted by Gasteiger charge is 2.14. The molecule has 0 aliphatic carbocycles. The number of nitrogens with zero attached hydrogens (tertiary/aromatic N) is 2. The molecule has 2 aromatic rings. The Balaban J connectivity index is 2.25. The predicted octanol–water partition coefficient (Wildman–Crippen LogP) is 3.29. The minimum atomic E-state index is -0.529. The number of para-hydroxylation sites is 1. The van der Waals surface area contributed by atoms with Crippen LogP contribution < -0.4 is 5.01 Å². The molecule has 0 aromatic heterocycles. The van der Waals surface area contributed by atoms with Crippen molar-refractivity contribution in [2.45, 2.75) is 0 Å². The molecular weight excluding hydrogens is 240 g/mol. The van der Waals surface area contributed by atoms with Gasteiger partial charge in [-0.15, -0.1) is 0 Å². The lowest BCUT2D eigenvalue weighted by atomic mass is 10.2. The summed E-state index contributed by atoms with van der Waals surface area (Å²) >= 11 is 0. The van der Waals surface area contributed by atoms with Crippen LogP contribution in [0.1, 0.15) is 5.56 Å². The molecule has 2 aromatic carbocycles. The number of hydrogen-bond acceptors (Lipinski definition) is 3. The van der Waals surface area contributed by atoms with Crippen molar-refractivity contribution < 1.29 is 9.53 Å². The molecule has 96 valence electrons. The fourth-order valence-electron chi connectivity index (χ4n) is 1.54. The Morgan fingerprint density at radius 2 is 1.63 bits per heavy atom. The van der Waals surface area contributed by atoms with E-state index in [9.17, 15) is 4.79 Å². The van der Waals surface area contributed by atoms with Gasteiger partial charge in [-0.1, -0.05) is 48.5 Å². The SMILES string of the molecule is COC(=O)N(N=Cc1ccccc1)c1ccccc1. The van der Waals surface area contributed by atoms with Gasteiger partial charge in [-0.3, -0.25) is 0 Å². The highest BCUT2D eigenvalue weighted by molar-refractivity contribution is 5.90. The maximum absolute atomic E-state index is 11.7. The summed E-state index contributed by atoms with van der Waals surface area (Å²) in [6, 6.07) is 18.7. The van der Waals surface area contributed by atoms with Crippen molar-refractivity contribution in [2.75, 3.05) is 12.1 Å². The van der Waals surface area contributed by atoms with E-state index in [0.717, 1.165) is 5.56 Å². The number of rotatable bonds is 3. The van der Waals surface area contributed by atoms with E-state index in [2.05, 4.69) is 5.10 Å². The monoisotopic (exact) mass is 254 g/mol. The van der Waals surface area contributed by atoms with E-state index in [-0.39, 0.29) is 0 Å². The van der Waals surface area contributed by atoms with Gasteiger partial charge in [-0.05, 0) is 17.7 Å². The number of hydrazone groups is 1. The average molecular weight is 254 g/mol. The summed E-state index contributed by atoms with van der Waals surface area (Å²) in [5, 5.41) is 5.38. The zero-order valence-electron chi connectivity index (χ0n) is 10.6. The van der Waals surface area contributed by atoms with Crippen LogP contribution in [-0.4, -0.2) is 19.4 Å². The number of hydrogen-bond donors (Lipinski definition) is 0. The molecule has 0 radical (unpaired) electrons. The van der Waals surface area contributed by atoms with Crippen LogP contribution in [0.5, 0.6) is 0 Å². The topological polar surface area (TPSA) is 41.9 Å². The largest absolute Gasteiger partial charge is 0.451 e. The van der Waals surface area contributed by atoms with Gasteiger partial charge in [-0.25, -0.2) is 4.79 Å². The van der Waals surface area contributed by atoms with Crippen LogP contribution in [0.4, 0.5) is 10.5 Å². The summed E-state index contributed by atoms with van der Waals surface area (Å²) < 4.78 is 4.73. The fourth-order valence-corrected chi connectivity index (χ4v) is 1.54. The van der Waals surface area contributed by atoms with Gasteiger partial charge in [0.15, 0.2) is 0 Å². The maximum Gasteiger partial charge on any atom is 0.434 e. The lowest BCUT2D eigenvalue weighted by molar-refractivity contribution is 0.179. The van der Waals surface area contributed by atoms with Crippen LogP contribution in [0.3, 0.4) is 0 Å². The van der Waals surface area contributed by atoms with Crippen LogP contribution in [0.15, 0.2) is 65.8 Å². The zero-order chi connectivity index (χ0) is 13.5. The van der Waals surface area contributed by atoms with Gasteiger partial charge in [0, 0.05) is 0 Å². The normalized spacial score (nSPS) is 10.4. The van der Waals surface area contributed by atoms with Gasteiger partial charge in [0.05, 0.1) is 19.0 Å². The van der Waals surface area contributed by atoms with Crippen molar-refractivity contribution >= 4 is 18.0 Å². The number of methoxy groups -OCH3 is 1. The fraction of sp³-hybridized carbons (Fsp3) is 0.0667. The Kier molecular flexibility index (Phi) is 4.29. The second-order valence-electron chi connectivity index (χ2n) is 3.77. The van der Waals surface area contributed by atoms with E-state index in [4.69, 9.17) is 4.74 Å². The number of amides is 1. The lowest BCUT2D eigenvalue weighted by Gasteiger charge is -2.15. The van der Waals surface area contributed by atoms with Crippen LogP contribution in [0.2, 0.25) is 0 Å². The third-order valence-corrected chi connectivity index (χ3v) is 2.47. The predicted molar refractivity (Wildman–Crippen MR) is 75.4 cm³/mol. The number of ether oxygens (including phenoxy) is 1. The summed E-state index contributed by atoms with van der Waals surface area (Å²) in [6.45, 7) is 0. The lowest BCUT2D eigenvalue weighted by Crippen LogP contribution is -2.25. The molecule has 0 fully saturated rings. The molecule has 0 bridgehead atoms. The molecule has 0 spiro atoms. The van der Waals surface area contributed by atoms with Gasteiger partial charge >= 0.3 is 6.09 Å². The van der Waals surface area contributed by atoms with Crippen LogP contribution >= 0.6 is 0 Å². The van der Waals surface area contributed by atoms with E-state index in [1.165, 1.54) is 12.1 Å². The second kappa shape index (κ2) is 6.35. The smallest absolute Gasteiger partial charge is 0.434 e. The molecule has 19 heavy (non-hydrogen) atoms. The Morgan fingerprint density at radius 3 is 2.21 bits per heavy atom. The number of carbonyl (C=O) groups excluding carboxylic acids is 1. The summed E-state index contributed by atoms with van der Waals surface area (Å²) in [5.74, 6) is 0. The van der Waals surface area contributed by atoms with Gasteiger partial charge in [0.25, 0.3) is 0 Å². The van der Waals surface area contributed by atoms with Gasteiger partial charge in [-0.2, -0.15) is 10.1 Å². The summed E-state index contributed by atoms with van der Waals surface area (Å²) in [7, 11) is 1.33. The molecule has 0 unspecified atom stereocenters. The first-order chi connectivity index (χ1) is 9.31. The Labute approximate surface area is 111 Å². The highest BCUT2D eigenvalue weighted by atomic mass is 16.5. The van der Waals surface area contributed by atoms with Crippen molar-refractivity contribution in [1.29, 1.82) is 0 Å². The molecule has 0 saturated heterocycles. The third-order valence-electron chi connectivity index (χ3n) is 2.47. The Bertz CT molecular complexity index is 553. The summed E-state index contributed by atoms with van der Waals surface area (Å²) in [6.07, 6.45) is 1.09. The quantitative estimate of drug-likeness (QED) is 0.623. The average Bonchev–Trinajstić information content (AvgIpc) is 2.49. The molecule has 0 N–H and O–H groups in total. The van der Waals surface area contributed by atoms with E-state index in [1.807, 2.05) is 48.5 Å². The second-order valence-corrected chi connectivity index (χ2v) is 3.77. The van der Waals surface area contributed by atoms with Crippen molar-refractivity contribution in [2.24, 2.45) is 5.10 Å². The third kappa shape index (κ3) is 3.42. The zero-order valence-corrected chi connectivity index (χ0v) is 10.6. The van der Waals surface area contributed by atoms with E-state index < -0.39 is 6.09 Å². The first-order valence-electron chi connectivity index (χ1n) is 5.83. The maximum atomic E-state index is 11.7. The van der Waals surface area contributed by atoms with E-state index in [1.54, 1.807) is 18.3 Å². The van der Waals surface area contributed by atoms with Gasteiger partial charge in [0.2, 0.25) is 0 Å². The highest BCUT2D eigenvalue weighted by Crippen LogP contribution is 2.14. The molecule has 4 heteroatoms. The molecule has 0 saturated carbocycles. The standard InChI is InChI=1S/C15H14N2O2/c1-19-15(18)17(14-10-6-3-7-11-14)16-12-13-8-4-2-5-9-13/h2-12H,1H3. The molecule has 4 nitrogen and oxygen atoms in total. The molecule has 0 aliphatic heterocycles.